The molecule has 0 spiro atoms. The highest BCUT2D eigenvalue weighted by Gasteiger charge is 2.20. The van der Waals surface area contributed by atoms with Crippen molar-refractivity contribution < 1.29 is 9.72 Å². The van der Waals surface area contributed by atoms with Crippen LogP contribution in [0.2, 0.25) is 0 Å². The molecule has 0 radical (unpaired) electrons. The van der Waals surface area contributed by atoms with Crippen LogP contribution in [0.25, 0.3) is 22.0 Å². The number of benzene rings is 2. The van der Waals surface area contributed by atoms with E-state index in [-0.39, 0.29) is 10.8 Å². The summed E-state index contributed by atoms with van der Waals surface area (Å²) >= 11 is 4.63. The zero-order valence-electron chi connectivity index (χ0n) is 12.8. The SMILES string of the molecule is NNC(=O)c1[nH]c2ccc(SC[N+](=O)[O-])cc2c1-c1ccccc1Br. The zero-order chi connectivity index (χ0) is 18.0. The Bertz CT molecular complexity index is 973. The zero-order valence-corrected chi connectivity index (χ0v) is 15.2. The van der Waals surface area contributed by atoms with Crippen molar-refractivity contribution in [3.63, 3.8) is 0 Å². The second-order valence-corrected chi connectivity index (χ2v) is 7.01. The number of hydrogen-bond acceptors (Lipinski definition) is 5. The number of aromatic nitrogens is 1. The minimum absolute atomic E-state index is 0.226. The Balaban J connectivity index is 2.22. The van der Waals surface area contributed by atoms with Crippen LogP contribution in [-0.2, 0) is 0 Å². The Morgan fingerprint density at radius 1 is 1.32 bits per heavy atom. The van der Waals surface area contributed by atoms with E-state index in [4.69, 9.17) is 5.84 Å². The lowest BCUT2D eigenvalue weighted by Gasteiger charge is -2.07. The molecule has 1 heterocycles. The third kappa shape index (κ3) is 3.53. The molecule has 1 aromatic heterocycles. The third-order valence-corrected chi connectivity index (χ3v) is 5.23. The smallest absolute Gasteiger partial charge is 0.282 e. The van der Waals surface area contributed by atoms with Gasteiger partial charge in [-0.25, -0.2) is 5.84 Å². The van der Waals surface area contributed by atoms with E-state index < -0.39 is 5.91 Å². The minimum Gasteiger partial charge on any atom is -0.350 e. The summed E-state index contributed by atoms with van der Waals surface area (Å²) in [6.07, 6.45) is 0. The summed E-state index contributed by atoms with van der Waals surface area (Å²) in [5.74, 6) is 4.64. The number of carbonyl (C=O) groups is 1. The van der Waals surface area contributed by atoms with Gasteiger partial charge in [0.2, 0.25) is 0 Å². The number of nitrogen functional groups attached to an aromatic ring is 1. The fourth-order valence-corrected chi connectivity index (χ4v) is 3.68. The fourth-order valence-electron chi connectivity index (χ4n) is 2.57. The van der Waals surface area contributed by atoms with E-state index in [1.165, 1.54) is 0 Å². The number of aromatic amines is 1. The van der Waals surface area contributed by atoms with E-state index in [2.05, 4.69) is 26.3 Å². The molecule has 0 unspecified atom stereocenters. The van der Waals surface area contributed by atoms with Crippen molar-refractivity contribution in [1.29, 1.82) is 0 Å². The summed E-state index contributed by atoms with van der Waals surface area (Å²) in [6.45, 7) is 0. The number of hydrogen-bond donors (Lipinski definition) is 3. The summed E-state index contributed by atoms with van der Waals surface area (Å²) < 4.78 is 0.824. The summed E-state index contributed by atoms with van der Waals surface area (Å²) in [4.78, 5) is 26.3. The topological polar surface area (TPSA) is 114 Å². The van der Waals surface area contributed by atoms with E-state index in [1.54, 1.807) is 12.1 Å². The van der Waals surface area contributed by atoms with Gasteiger partial charge in [-0.1, -0.05) is 34.1 Å². The molecule has 0 aliphatic heterocycles. The van der Waals surface area contributed by atoms with Crippen LogP contribution in [0.15, 0.2) is 51.8 Å². The number of nitro groups is 1. The Hall–Kier alpha value is -2.36. The first-order valence-corrected chi connectivity index (χ1v) is 8.95. The summed E-state index contributed by atoms with van der Waals surface area (Å²) in [5, 5.41) is 11.4. The Morgan fingerprint density at radius 2 is 2.08 bits per heavy atom. The molecular formula is C16H13BrN4O3S. The van der Waals surface area contributed by atoms with E-state index in [0.29, 0.717) is 11.3 Å². The average Bonchev–Trinajstić information content (AvgIpc) is 2.98. The van der Waals surface area contributed by atoms with Crippen LogP contribution in [0, 0.1) is 10.1 Å². The van der Waals surface area contributed by atoms with Crippen molar-refractivity contribution in [3.8, 4) is 11.1 Å². The van der Waals surface area contributed by atoms with E-state index in [9.17, 15) is 14.9 Å². The first kappa shape index (κ1) is 17.5. The van der Waals surface area contributed by atoms with Gasteiger partial charge in [0.15, 0.2) is 0 Å². The van der Waals surface area contributed by atoms with Gasteiger partial charge in [0, 0.05) is 30.8 Å². The van der Waals surface area contributed by atoms with Crippen molar-refractivity contribution in [2.75, 3.05) is 5.88 Å². The van der Waals surface area contributed by atoms with Gasteiger partial charge in [-0.05, 0) is 41.6 Å². The molecule has 0 aliphatic rings. The number of nitrogens with one attached hydrogen (secondary N) is 2. The van der Waals surface area contributed by atoms with Crippen LogP contribution >= 0.6 is 27.7 Å². The monoisotopic (exact) mass is 420 g/mol. The fraction of sp³-hybridized carbons (Fsp3) is 0.0625. The van der Waals surface area contributed by atoms with Gasteiger partial charge in [-0.3, -0.25) is 20.3 Å². The highest BCUT2D eigenvalue weighted by Crippen LogP contribution is 2.38. The molecule has 2 aromatic carbocycles. The molecule has 128 valence electrons. The normalized spacial score (nSPS) is 10.8. The number of thioether (sulfide) groups is 1. The molecule has 7 nitrogen and oxygen atoms in total. The largest absolute Gasteiger partial charge is 0.350 e. The third-order valence-electron chi connectivity index (χ3n) is 3.61. The molecular weight excluding hydrogens is 408 g/mol. The molecule has 0 bridgehead atoms. The molecule has 0 saturated heterocycles. The Labute approximate surface area is 155 Å². The highest BCUT2D eigenvalue weighted by molar-refractivity contribution is 9.10. The number of rotatable bonds is 5. The van der Waals surface area contributed by atoms with Crippen LogP contribution in [0.4, 0.5) is 0 Å². The first-order chi connectivity index (χ1) is 12.0. The predicted molar refractivity (Wildman–Crippen MR) is 101 cm³/mol. The number of amides is 1. The number of hydrazine groups is 1. The van der Waals surface area contributed by atoms with Gasteiger partial charge >= 0.3 is 0 Å². The first-order valence-electron chi connectivity index (χ1n) is 7.17. The van der Waals surface area contributed by atoms with Crippen molar-refractivity contribution in [3.05, 3.63) is 62.7 Å². The Kier molecular flexibility index (Phi) is 5.07. The van der Waals surface area contributed by atoms with Gasteiger partial charge < -0.3 is 4.98 Å². The lowest BCUT2D eigenvalue weighted by atomic mass is 10.0. The summed E-state index contributed by atoms with van der Waals surface area (Å²) in [6, 6.07) is 12.9. The van der Waals surface area contributed by atoms with E-state index in [1.807, 2.05) is 30.3 Å². The van der Waals surface area contributed by atoms with Crippen molar-refractivity contribution in [1.82, 2.24) is 10.4 Å². The Morgan fingerprint density at radius 3 is 2.76 bits per heavy atom. The average molecular weight is 421 g/mol. The molecule has 0 saturated carbocycles. The maximum Gasteiger partial charge on any atom is 0.282 e. The molecule has 0 aliphatic carbocycles. The van der Waals surface area contributed by atoms with Gasteiger partial charge in [0.1, 0.15) is 5.69 Å². The highest BCUT2D eigenvalue weighted by atomic mass is 79.9. The standard InChI is InChI=1S/C16H13BrN4O3S/c17-12-4-2-1-3-10(12)14-11-7-9(25-8-21(23)24)5-6-13(11)19-15(14)16(22)20-18/h1-7,19H,8,18H2,(H,20,22). The summed E-state index contributed by atoms with van der Waals surface area (Å²) in [5.41, 5.74) is 4.74. The summed E-state index contributed by atoms with van der Waals surface area (Å²) in [7, 11) is 0. The maximum atomic E-state index is 12.2. The molecule has 3 rings (SSSR count). The van der Waals surface area contributed by atoms with Gasteiger partial charge in [-0.15, -0.1) is 0 Å². The van der Waals surface area contributed by atoms with Crippen molar-refractivity contribution in [2.24, 2.45) is 5.84 Å². The van der Waals surface area contributed by atoms with Gasteiger partial charge in [-0.2, -0.15) is 0 Å². The van der Waals surface area contributed by atoms with Crippen molar-refractivity contribution >= 4 is 44.5 Å². The van der Waals surface area contributed by atoms with Crippen LogP contribution in [0.1, 0.15) is 10.5 Å². The predicted octanol–water partition coefficient (Wildman–Crippen LogP) is 3.53. The number of nitrogens with two attached hydrogens (primary N) is 1. The lowest BCUT2D eigenvalue weighted by Crippen LogP contribution is -2.30. The van der Waals surface area contributed by atoms with Crippen molar-refractivity contribution in [2.45, 2.75) is 4.90 Å². The molecule has 3 aromatic rings. The number of H-pyrrole nitrogens is 1. The number of nitrogens with zero attached hydrogens (tertiary/aromatic N) is 1. The van der Waals surface area contributed by atoms with Gasteiger partial charge in [0.25, 0.3) is 11.8 Å². The molecule has 0 fully saturated rings. The lowest BCUT2D eigenvalue weighted by molar-refractivity contribution is -0.456. The molecule has 25 heavy (non-hydrogen) atoms. The second kappa shape index (κ2) is 7.26. The van der Waals surface area contributed by atoms with Crippen LogP contribution < -0.4 is 11.3 Å². The molecule has 4 N–H and O–H groups in total. The number of fused-ring (bicyclic) bond motifs is 1. The maximum absolute atomic E-state index is 12.2. The number of carbonyl (C=O) groups excluding carboxylic acids is 1. The van der Waals surface area contributed by atoms with Crippen LogP contribution in [0.3, 0.4) is 0 Å². The van der Waals surface area contributed by atoms with E-state index in [0.717, 1.165) is 37.6 Å². The van der Waals surface area contributed by atoms with Gasteiger partial charge in [0.05, 0.1) is 0 Å². The quantitative estimate of drug-likeness (QED) is 0.146. The molecule has 0 atom stereocenters. The van der Waals surface area contributed by atoms with Crippen LogP contribution in [0.5, 0.6) is 0 Å². The van der Waals surface area contributed by atoms with E-state index >= 15 is 0 Å². The second-order valence-electron chi connectivity index (χ2n) is 5.14. The molecule has 9 heteroatoms. The van der Waals surface area contributed by atoms with Crippen LogP contribution in [-0.4, -0.2) is 21.7 Å². The number of halogens is 1. The molecule has 1 amide bonds. The minimum atomic E-state index is -0.443.